The summed E-state index contributed by atoms with van der Waals surface area (Å²) in [6.07, 6.45) is 2.45. The van der Waals surface area contributed by atoms with Crippen molar-refractivity contribution in [3.63, 3.8) is 0 Å². The first-order valence-corrected chi connectivity index (χ1v) is 11.1. The number of ketones is 1. The number of nitrogens with zero attached hydrogens (tertiary/aromatic N) is 3. The number of aryl methyl sites for hydroxylation is 2. The van der Waals surface area contributed by atoms with E-state index in [1.807, 2.05) is 6.92 Å². The minimum atomic E-state index is -3.51. The first-order valence-electron chi connectivity index (χ1n) is 8.83. The van der Waals surface area contributed by atoms with Gasteiger partial charge in [-0.05, 0) is 38.0 Å². The lowest BCUT2D eigenvalue weighted by molar-refractivity contribution is -0.130. The van der Waals surface area contributed by atoms with Gasteiger partial charge in [-0.2, -0.15) is 5.10 Å². The third kappa shape index (κ3) is 4.62. The number of rotatable bonds is 7. The van der Waals surface area contributed by atoms with Crippen LogP contribution >= 0.6 is 11.6 Å². The van der Waals surface area contributed by atoms with E-state index in [1.54, 1.807) is 27.9 Å². The predicted octanol–water partition coefficient (Wildman–Crippen LogP) is 2.27. The van der Waals surface area contributed by atoms with E-state index in [1.165, 1.54) is 21.8 Å². The first kappa shape index (κ1) is 22.9. The first-order chi connectivity index (χ1) is 13.4. The van der Waals surface area contributed by atoms with Crippen molar-refractivity contribution >= 4 is 33.1 Å². The molecule has 0 bridgehead atoms. The van der Waals surface area contributed by atoms with Crippen LogP contribution in [-0.2, 0) is 21.2 Å². The van der Waals surface area contributed by atoms with Crippen LogP contribution < -0.4 is 4.74 Å². The molecule has 29 heavy (non-hydrogen) atoms. The Balaban J connectivity index is 2.54. The lowest BCUT2D eigenvalue weighted by Crippen LogP contribution is -2.28. The van der Waals surface area contributed by atoms with Gasteiger partial charge in [0, 0.05) is 32.5 Å². The molecule has 10 heteroatoms. The second kappa shape index (κ2) is 8.54. The van der Waals surface area contributed by atoms with E-state index in [4.69, 9.17) is 16.3 Å². The summed E-state index contributed by atoms with van der Waals surface area (Å²) in [5.74, 6) is -0.575. The molecule has 0 aliphatic rings. The van der Waals surface area contributed by atoms with Gasteiger partial charge in [-0.3, -0.25) is 9.59 Å². The number of hydrogen-bond acceptors (Lipinski definition) is 6. The number of aromatic nitrogens is 2. The minimum Gasteiger partial charge on any atom is -0.467 e. The van der Waals surface area contributed by atoms with Gasteiger partial charge in [0.2, 0.25) is 11.7 Å². The molecule has 1 amide bonds. The van der Waals surface area contributed by atoms with Crippen LogP contribution in [0.2, 0.25) is 5.02 Å². The van der Waals surface area contributed by atoms with E-state index in [-0.39, 0.29) is 39.4 Å². The zero-order valence-corrected chi connectivity index (χ0v) is 18.8. The Kier molecular flexibility index (Phi) is 6.74. The number of carbonyl (C=O) groups excluding carboxylic acids is 2. The molecule has 2 aromatic rings. The molecule has 0 unspecified atom stereocenters. The summed E-state index contributed by atoms with van der Waals surface area (Å²) in [6.45, 7) is 5.17. The second-order valence-electron chi connectivity index (χ2n) is 6.87. The Morgan fingerprint density at radius 1 is 1.24 bits per heavy atom. The standard InChI is InChI=1S/C19H24ClN3O5S/c1-7-23-19(28-10-15(24)22(4)5)14(9-21-23)17(25)13-8-11(2)18(29(6,26)27)12(3)16(13)20/h8-9H,7,10H2,1-6H3. The number of ether oxygens (including phenoxy) is 1. The molecule has 1 heterocycles. The summed E-state index contributed by atoms with van der Waals surface area (Å²) >= 11 is 6.37. The number of likely N-dealkylation sites (N-methyl/N-ethyl adjacent to an activating group) is 1. The van der Waals surface area contributed by atoms with E-state index >= 15 is 0 Å². The average Bonchev–Trinajstić information content (AvgIpc) is 3.03. The highest BCUT2D eigenvalue weighted by Gasteiger charge is 2.26. The minimum absolute atomic E-state index is 0.0561. The van der Waals surface area contributed by atoms with Crippen LogP contribution in [0.15, 0.2) is 17.2 Å². The summed E-state index contributed by atoms with van der Waals surface area (Å²) in [4.78, 5) is 26.6. The van der Waals surface area contributed by atoms with Gasteiger partial charge in [-0.25, -0.2) is 13.1 Å². The molecule has 0 aliphatic carbocycles. The van der Waals surface area contributed by atoms with E-state index in [0.717, 1.165) is 6.26 Å². The maximum absolute atomic E-state index is 13.2. The third-order valence-corrected chi connectivity index (χ3v) is 6.26. The monoisotopic (exact) mass is 441 g/mol. The Labute approximate surface area is 175 Å². The fraction of sp³-hybridized carbons (Fsp3) is 0.421. The van der Waals surface area contributed by atoms with Crippen molar-refractivity contribution in [2.45, 2.75) is 32.2 Å². The topological polar surface area (TPSA) is 98.6 Å². The van der Waals surface area contributed by atoms with Gasteiger partial charge in [-0.1, -0.05) is 11.6 Å². The normalized spacial score (nSPS) is 11.4. The second-order valence-corrected chi connectivity index (χ2v) is 9.20. The van der Waals surface area contributed by atoms with Crippen molar-refractivity contribution in [3.8, 4) is 5.88 Å². The highest BCUT2D eigenvalue weighted by molar-refractivity contribution is 7.90. The zero-order chi connectivity index (χ0) is 22.1. The molecule has 0 radical (unpaired) electrons. The Hall–Kier alpha value is -2.39. The smallest absolute Gasteiger partial charge is 0.260 e. The molecule has 1 aromatic heterocycles. The van der Waals surface area contributed by atoms with E-state index in [9.17, 15) is 18.0 Å². The Morgan fingerprint density at radius 2 is 1.86 bits per heavy atom. The fourth-order valence-corrected chi connectivity index (χ4v) is 4.58. The molecular formula is C19H24ClN3O5S. The van der Waals surface area contributed by atoms with Gasteiger partial charge >= 0.3 is 0 Å². The fourth-order valence-electron chi connectivity index (χ4n) is 2.99. The lowest BCUT2D eigenvalue weighted by Gasteiger charge is -2.15. The molecular weight excluding hydrogens is 418 g/mol. The van der Waals surface area contributed by atoms with E-state index in [2.05, 4.69) is 5.10 Å². The molecule has 0 saturated carbocycles. The Morgan fingerprint density at radius 3 is 2.38 bits per heavy atom. The number of halogens is 1. The lowest BCUT2D eigenvalue weighted by atomic mass is 10.0. The van der Waals surface area contributed by atoms with Crippen molar-refractivity contribution in [1.82, 2.24) is 14.7 Å². The van der Waals surface area contributed by atoms with Gasteiger partial charge in [0.25, 0.3) is 5.91 Å². The number of benzene rings is 1. The van der Waals surface area contributed by atoms with E-state index in [0.29, 0.717) is 17.7 Å². The zero-order valence-electron chi connectivity index (χ0n) is 17.2. The molecule has 0 atom stereocenters. The summed E-state index contributed by atoms with van der Waals surface area (Å²) in [7, 11) is -0.306. The van der Waals surface area contributed by atoms with Crippen LogP contribution in [0, 0.1) is 13.8 Å². The summed E-state index contributed by atoms with van der Waals surface area (Å²) in [5, 5.41) is 4.20. The molecule has 0 aliphatic heterocycles. The maximum atomic E-state index is 13.2. The number of amides is 1. The average molecular weight is 442 g/mol. The summed E-state index contributed by atoms with van der Waals surface area (Å²) in [5.41, 5.74) is 1.02. The highest BCUT2D eigenvalue weighted by Crippen LogP contribution is 2.33. The van der Waals surface area contributed by atoms with Crippen LogP contribution in [0.4, 0.5) is 0 Å². The van der Waals surface area contributed by atoms with Gasteiger partial charge in [0.15, 0.2) is 16.4 Å². The maximum Gasteiger partial charge on any atom is 0.260 e. The number of carbonyl (C=O) groups is 2. The summed E-state index contributed by atoms with van der Waals surface area (Å²) in [6, 6.07) is 1.45. The SMILES string of the molecule is CCn1ncc(C(=O)c2cc(C)c(S(C)(=O)=O)c(C)c2Cl)c1OCC(=O)N(C)C. The quantitative estimate of drug-likeness (QED) is 0.611. The van der Waals surface area contributed by atoms with Crippen LogP contribution in [0.25, 0.3) is 0 Å². The van der Waals surface area contributed by atoms with Gasteiger partial charge in [0.1, 0.15) is 5.56 Å². The van der Waals surface area contributed by atoms with Gasteiger partial charge in [-0.15, -0.1) is 0 Å². The van der Waals surface area contributed by atoms with Crippen molar-refractivity contribution in [3.05, 3.63) is 39.5 Å². The molecule has 2 rings (SSSR count). The van der Waals surface area contributed by atoms with Crippen molar-refractivity contribution in [1.29, 1.82) is 0 Å². The van der Waals surface area contributed by atoms with Crippen LogP contribution in [0.3, 0.4) is 0 Å². The van der Waals surface area contributed by atoms with Gasteiger partial charge < -0.3 is 9.64 Å². The third-order valence-electron chi connectivity index (χ3n) is 4.41. The van der Waals surface area contributed by atoms with Crippen LogP contribution in [0.1, 0.15) is 34.0 Å². The number of sulfone groups is 1. The Bertz CT molecular complexity index is 1070. The van der Waals surface area contributed by atoms with Crippen LogP contribution in [-0.4, -0.2) is 61.7 Å². The van der Waals surface area contributed by atoms with E-state index < -0.39 is 15.6 Å². The molecule has 158 valence electrons. The van der Waals surface area contributed by atoms with Crippen molar-refractivity contribution in [2.75, 3.05) is 27.0 Å². The molecule has 0 N–H and O–H groups in total. The van der Waals surface area contributed by atoms with Crippen LogP contribution in [0.5, 0.6) is 5.88 Å². The van der Waals surface area contributed by atoms with Crippen molar-refractivity contribution in [2.24, 2.45) is 0 Å². The van der Waals surface area contributed by atoms with Crippen molar-refractivity contribution < 1.29 is 22.7 Å². The molecule has 0 spiro atoms. The summed E-state index contributed by atoms with van der Waals surface area (Å²) < 4.78 is 31.2. The predicted molar refractivity (Wildman–Crippen MR) is 110 cm³/mol. The molecule has 8 nitrogen and oxygen atoms in total. The largest absolute Gasteiger partial charge is 0.467 e. The molecule has 0 saturated heterocycles. The van der Waals surface area contributed by atoms with Gasteiger partial charge in [0.05, 0.1) is 16.1 Å². The highest BCUT2D eigenvalue weighted by atomic mass is 35.5. The molecule has 1 aromatic carbocycles. The molecule has 0 fully saturated rings. The number of hydrogen-bond donors (Lipinski definition) is 0.